The molecule has 7 nitrogen and oxygen atoms in total. The van der Waals surface area contributed by atoms with E-state index in [1.54, 1.807) is 6.92 Å². The second-order valence-electron chi connectivity index (χ2n) is 5.60. The number of nitrogens with zero attached hydrogens (tertiary/aromatic N) is 1. The van der Waals surface area contributed by atoms with Gasteiger partial charge in [-0.15, -0.1) is 0 Å². The summed E-state index contributed by atoms with van der Waals surface area (Å²) in [5.74, 6) is 0.273. The Bertz CT molecular complexity index is 498. The van der Waals surface area contributed by atoms with Crippen molar-refractivity contribution in [3.63, 3.8) is 0 Å². The van der Waals surface area contributed by atoms with Crippen LogP contribution in [-0.2, 0) is 11.3 Å². The molecule has 0 unspecified atom stereocenters. The predicted octanol–water partition coefficient (Wildman–Crippen LogP) is 1.50. The molecule has 7 heteroatoms. The first-order valence-corrected chi connectivity index (χ1v) is 6.42. The van der Waals surface area contributed by atoms with Crippen LogP contribution in [0.3, 0.4) is 0 Å². The minimum atomic E-state index is -0.697. The molecule has 1 amide bonds. The molecular formula is C13H22N2O5. The van der Waals surface area contributed by atoms with Crippen LogP contribution < -0.4 is 11.1 Å². The van der Waals surface area contributed by atoms with E-state index in [9.17, 15) is 9.59 Å². The van der Waals surface area contributed by atoms with Gasteiger partial charge in [0.05, 0.1) is 6.54 Å². The zero-order chi connectivity index (χ0) is 15.3. The normalized spacial score (nSPS) is 11.7. The Morgan fingerprint density at radius 2 is 2.00 bits per heavy atom. The molecule has 0 atom stereocenters. The molecule has 0 saturated heterocycles. The van der Waals surface area contributed by atoms with Crippen molar-refractivity contribution in [1.29, 1.82) is 0 Å². The Morgan fingerprint density at radius 3 is 2.50 bits per heavy atom. The van der Waals surface area contributed by atoms with Gasteiger partial charge in [0.2, 0.25) is 0 Å². The van der Waals surface area contributed by atoms with Gasteiger partial charge in [-0.05, 0) is 34.7 Å². The third-order valence-corrected chi connectivity index (χ3v) is 2.41. The quantitative estimate of drug-likeness (QED) is 0.883. The Morgan fingerprint density at radius 1 is 1.35 bits per heavy atom. The third-order valence-electron chi connectivity index (χ3n) is 2.41. The Balaban J connectivity index is 2.30. The van der Waals surface area contributed by atoms with Crippen molar-refractivity contribution >= 4 is 6.09 Å². The molecule has 0 aliphatic carbocycles. The first-order valence-electron chi connectivity index (χ1n) is 6.42. The van der Waals surface area contributed by atoms with Gasteiger partial charge >= 0.3 is 11.9 Å². The van der Waals surface area contributed by atoms with Crippen LogP contribution in [0.2, 0.25) is 0 Å². The molecule has 0 radical (unpaired) electrons. The van der Waals surface area contributed by atoms with Gasteiger partial charge in [-0.1, -0.05) is 0 Å². The number of ether oxygens (including phenoxy) is 1. The highest BCUT2D eigenvalue weighted by Crippen LogP contribution is 2.08. The van der Waals surface area contributed by atoms with Crippen LogP contribution in [0.15, 0.2) is 13.6 Å². The van der Waals surface area contributed by atoms with Crippen LogP contribution in [0.5, 0.6) is 0 Å². The smallest absolute Gasteiger partial charge is 0.444 e. The number of nitrogens with one attached hydrogen (secondary N) is 1. The molecule has 1 aromatic heterocycles. The third kappa shape index (κ3) is 5.92. The first-order chi connectivity index (χ1) is 9.17. The highest BCUT2D eigenvalue weighted by Gasteiger charge is 2.16. The van der Waals surface area contributed by atoms with Gasteiger partial charge < -0.3 is 18.9 Å². The molecule has 1 heterocycles. The minimum absolute atomic E-state index is 0.437. The number of alkyl carbamates (subject to hydrolysis) is 1. The maximum absolute atomic E-state index is 11.4. The highest BCUT2D eigenvalue weighted by atomic mass is 16.6. The second kappa shape index (κ2) is 6.60. The number of hydrogen-bond donors (Lipinski definition) is 1. The Labute approximate surface area is 117 Å². The summed E-state index contributed by atoms with van der Waals surface area (Å²) in [5, 5.41) is 2.66. The molecule has 1 aromatic rings. The van der Waals surface area contributed by atoms with Crippen LogP contribution in [0.25, 0.3) is 0 Å². The molecular weight excluding hydrogens is 264 g/mol. The Kier molecular flexibility index (Phi) is 5.38. The van der Waals surface area contributed by atoms with E-state index in [1.165, 1.54) is 0 Å². The molecule has 20 heavy (non-hydrogen) atoms. The van der Waals surface area contributed by atoms with Crippen molar-refractivity contribution in [2.75, 3.05) is 20.1 Å². The lowest BCUT2D eigenvalue weighted by Gasteiger charge is -2.20. The van der Waals surface area contributed by atoms with Crippen LogP contribution >= 0.6 is 0 Å². The van der Waals surface area contributed by atoms with E-state index >= 15 is 0 Å². The molecule has 0 saturated carbocycles. The number of carbonyl (C=O) groups is 1. The number of amides is 1. The van der Waals surface area contributed by atoms with Crippen molar-refractivity contribution in [2.45, 2.75) is 39.8 Å². The van der Waals surface area contributed by atoms with E-state index in [4.69, 9.17) is 13.6 Å². The lowest BCUT2D eigenvalue weighted by Crippen LogP contribution is -2.36. The number of aryl methyl sites for hydroxylation is 1. The highest BCUT2D eigenvalue weighted by molar-refractivity contribution is 5.67. The summed E-state index contributed by atoms with van der Waals surface area (Å²) in [6.45, 7) is 8.56. The van der Waals surface area contributed by atoms with Crippen molar-refractivity contribution in [2.24, 2.45) is 0 Å². The Hall–Kier alpha value is -1.76. The first kappa shape index (κ1) is 16.3. The lowest BCUT2D eigenvalue weighted by atomic mass is 10.2. The molecule has 1 N–H and O–H groups in total. The summed E-state index contributed by atoms with van der Waals surface area (Å²) in [7, 11) is 1.85. The summed E-state index contributed by atoms with van der Waals surface area (Å²) in [4.78, 5) is 24.2. The monoisotopic (exact) mass is 286 g/mol. The number of carbonyl (C=O) groups excluding carboxylic acids is 1. The van der Waals surface area contributed by atoms with Crippen LogP contribution in [0.4, 0.5) is 4.79 Å². The number of likely N-dealkylation sites (N-methyl/N-ethyl adjacent to an activating group) is 1. The lowest BCUT2D eigenvalue weighted by molar-refractivity contribution is 0.0523. The van der Waals surface area contributed by atoms with Crippen molar-refractivity contribution in [1.82, 2.24) is 10.2 Å². The van der Waals surface area contributed by atoms with E-state index in [2.05, 4.69) is 5.32 Å². The summed E-state index contributed by atoms with van der Waals surface area (Å²) in [5.41, 5.74) is -0.507. The van der Waals surface area contributed by atoms with E-state index in [1.807, 2.05) is 32.7 Å². The van der Waals surface area contributed by atoms with Gasteiger partial charge in [-0.3, -0.25) is 4.90 Å². The van der Waals surface area contributed by atoms with E-state index in [0.717, 1.165) is 0 Å². The second-order valence-corrected chi connectivity index (χ2v) is 5.60. The molecule has 0 aliphatic rings. The minimum Gasteiger partial charge on any atom is -0.444 e. The van der Waals surface area contributed by atoms with E-state index in [-0.39, 0.29) is 0 Å². The summed E-state index contributed by atoms with van der Waals surface area (Å²) in [6, 6.07) is 0. The average molecular weight is 286 g/mol. The van der Waals surface area contributed by atoms with E-state index in [0.29, 0.717) is 31.2 Å². The van der Waals surface area contributed by atoms with Crippen LogP contribution in [0.1, 0.15) is 32.3 Å². The van der Waals surface area contributed by atoms with Crippen molar-refractivity contribution in [3.05, 3.63) is 22.1 Å². The van der Waals surface area contributed by atoms with Gasteiger partial charge in [0.15, 0.2) is 5.76 Å². The molecule has 0 aliphatic heterocycles. The zero-order valence-electron chi connectivity index (χ0n) is 12.6. The fourth-order valence-corrected chi connectivity index (χ4v) is 1.51. The maximum Gasteiger partial charge on any atom is 0.519 e. The summed E-state index contributed by atoms with van der Waals surface area (Å²) >= 11 is 0. The van der Waals surface area contributed by atoms with Crippen LogP contribution in [0, 0.1) is 6.92 Å². The van der Waals surface area contributed by atoms with Crippen molar-refractivity contribution in [3.8, 4) is 0 Å². The van der Waals surface area contributed by atoms with Gasteiger partial charge in [-0.2, -0.15) is 0 Å². The van der Waals surface area contributed by atoms with Gasteiger partial charge in [0.1, 0.15) is 11.4 Å². The summed E-state index contributed by atoms with van der Waals surface area (Å²) < 4.78 is 14.8. The molecule has 0 spiro atoms. The molecule has 0 fully saturated rings. The van der Waals surface area contributed by atoms with Crippen LogP contribution in [-0.4, -0.2) is 36.7 Å². The summed E-state index contributed by atoms with van der Waals surface area (Å²) in [6.07, 6.45) is -0.447. The fraction of sp³-hybridized carbons (Fsp3) is 0.692. The standard InChI is InChI=1S/C13H22N2O5/c1-9-10(19-12(17)18-9)8-15(5)7-6-14-11(16)20-13(2,3)4/h6-8H2,1-5H3,(H,14,16). The average Bonchev–Trinajstić information content (AvgIpc) is 2.54. The van der Waals surface area contributed by atoms with Gasteiger partial charge in [0.25, 0.3) is 0 Å². The van der Waals surface area contributed by atoms with E-state index < -0.39 is 17.5 Å². The largest absolute Gasteiger partial charge is 0.519 e. The van der Waals surface area contributed by atoms with Gasteiger partial charge in [-0.25, -0.2) is 9.59 Å². The topological polar surface area (TPSA) is 84.9 Å². The molecule has 0 aromatic carbocycles. The molecule has 0 bridgehead atoms. The maximum atomic E-state index is 11.4. The number of rotatable bonds is 5. The van der Waals surface area contributed by atoms with Crippen molar-refractivity contribution < 1.29 is 18.4 Å². The zero-order valence-corrected chi connectivity index (χ0v) is 12.6. The van der Waals surface area contributed by atoms with Gasteiger partial charge in [0, 0.05) is 13.1 Å². The molecule has 114 valence electrons. The SMILES string of the molecule is Cc1oc(=O)oc1CN(C)CCNC(=O)OC(C)(C)C. The number of hydrogen-bond acceptors (Lipinski definition) is 6. The molecule has 1 rings (SSSR count). The fourth-order valence-electron chi connectivity index (χ4n) is 1.51. The predicted molar refractivity (Wildman–Crippen MR) is 72.6 cm³/mol.